The summed E-state index contributed by atoms with van der Waals surface area (Å²) in [5.74, 6) is 1.21. The minimum absolute atomic E-state index is 0.489. The summed E-state index contributed by atoms with van der Waals surface area (Å²) < 4.78 is 9.12. The van der Waals surface area contributed by atoms with Crippen LogP contribution in [0.1, 0.15) is 11.3 Å². The molecule has 0 aliphatic heterocycles. The Kier molecular flexibility index (Phi) is 4.00. The number of hydrogen-bond donors (Lipinski definition) is 1. The molecular formula is C18H17ClN6O. The molecule has 7 nitrogen and oxygen atoms in total. The van der Waals surface area contributed by atoms with E-state index in [0.29, 0.717) is 11.0 Å². The summed E-state index contributed by atoms with van der Waals surface area (Å²) in [7, 11) is 1.64. The van der Waals surface area contributed by atoms with Crippen LogP contribution in [0.4, 0.5) is 11.6 Å². The van der Waals surface area contributed by atoms with Crippen LogP contribution in [-0.4, -0.2) is 31.3 Å². The molecule has 8 heteroatoms. The van der Waals surface area contributed by atoms with Crippen LogP contribution in [0.3, 0.4) is 0 Å². The molecule has 4 rings (SSSR count). The minimum Gasteiger partial charge on any atom is -0.494 e. The van der Waals surface area contributed by atoms with Crippen LogP contribution >= 0.6 is 11.6 Å². The second kappa shape index (κ2) is 6.34. The molecule has 0 aliphatic carbocycles. The van der Waals surface area contributed by atoms with Crippen LogP contribution in [0.25, 0.3) is 11.3 Å². The second-order valence-electron chi connectivity index (χ2n) is 5.98. The van der Waals surface area contributed by atoms with E-state index in [-0.39, 0.29) is 0 Å². The van der Waals surface area contributed by atoms with E-state index < -0.39 is 0 Å². The topological polar surface area (TPSA) is 69.3 Å². The average Bonchev–Trinajstić information content (AvgIpc) is 3.21. The van der Waals surface area contributed by atoms with Crippen molar-refractivity contribution < 1.29 is 4.74 Å². The van der Waals surface area contributed by atoms with Crippen molar-refractivity contribution in [1.29, 1.82) is 0 Å². The summed E-state index contributed by atoms with van der Waals surface area (Å²) in [4.78, 5) is 8.77. The number of halogens is 1. The van der Waals surface area contributed by atoms with Gasteiger partial charge in [-0.05, 0) is 37.6 Å². The number of nitrogens with zero attached hydrogens (tertiary/aromatic N) is 5. The highest BCUT2D eigenvalue weighted by molar-refractivity contribution is 6.30. The number of anilines is 2. The number of aromatic nitrogens is 5. The monoisotopic (exact) mass is 368 g/mol. The Morgan fingerprint density at radius 3 is 2.73 bits per heavy atom. The molecule has 0 amide bonds. The number of aryl methyl sites for hydroxylation is 2. The van der Waals surface area contributed by atoms with Crippen molar-refractivity contribution in [2.45, 2.75) is 13.8 Å². The minimum atomic E-state index is 0.489. The van der Waals surface area contributed by atoms with Crippen molar-refractivity contribution in [2.24, 2.45) is 0 Å². The molecule has 0 bridgehead atoms. The van der Waals surface area contributed by atoms with Gasteiger partial charge < -0.3 is 14.6 Å². The van der Waals surface area contributed by atoms with Gasteiger partial charge in [0.1, 0.15) is 5.75 Å². The molecule has 1 aromatic carbocycles. The van der Waals surface area contributed by atoms with Gasteiger partial charge in [0.25, 0.3) is 0 Å². The van der Waals surface area contributed by atoms with Gasteiger partial charge in [-0.2, -0.15) is 4.98 Å². The first-order valence-electron chi connectivity index (χ1n) is 8.02. The Morgan fingerprint density at radius 1 is 1.15 bits per heavy atom. The first kappa shape index (κ1) is 16.4. The van der Waals surface area contributed by atoms with E-state index in [0.717, 1.165) is 34.0 Å². The fourth-order valence-corrected chi connectivity index (χ4v) is 3.07. The number of pyridine rings is 1. The standard InChI is InChI=1S/C18H17ClN6O/c1-11-6-13(19)9-25-17(11)22-18(23-25)21-14-4-5-15(16(7-14)26-3)24-8-12(2)20-10-24/h4-10H,1-3H3,(H,21,23). The Bertz CT molecular complexity index is 1100. The Balaban J connectivity index is 1.67. The average molecular weight is 369 g/mol. The van der Waals surface area contributed by atoms with Crippen LogP contribution in [-0.2, 0) is 0 Å². The summed E-state index contributed by atoms with van der Waals surface area (Å²) in [6.07, 6.45) is 5.44. The SMILES string of the molecule is COc1cc(Nc2nc3c(C)cc(Cl)cn3n2)ccc1-n1cnc(C)c1. The molecule has 3 heterocycles. The normalized spacial score (nSPS) is 11.1. The largest absolute Gasteiger partial charge is 0.494 e. The molecule has 0 unspecified atom stereocenters. The number of rotatable bonds is 4. The number of methoxy groups -OCH3 is 1. The highest BCUT2D eigenvalue weighted by Gasteiger charge is 2.10. The number of imidazole rings is 1. The van der Waals surface area contributed by atoms with Crippen LogP contribution < -0.4 is 10.1 Å². The van der Waals surface area contributed by atoms with Gasteiger partial charge in [-0.3, -0.25) is 0 Å². The van der Waals surface area contributed by atoms with Crippen molar-refractivity contribution in [2.75, 3.05) is 12.4 Å². The number of benzene rings is 1. The molecule has 0 saturated carbocycles. The molecule has 1 N–H and O–H groups in total. The van der Waals surface area contributed by atoms with Gasteiger partial charge >= 0.3 is 0 Å². The third-order valence-electron chi connectivity index (χ3n) is 4.01. The van der Waals surface area contributed by atoms with Crippen LogP contribution in [0.15, 0.2) is 43.0 Å². The van der Waals surface area contributed by atoms with E-state index in [1.165, 1.54) is 0 Å². The summed E-state index contributed by atoms with van der Waals surface area (Å²) in [6.45, 7) is 3.90. The van der Waals surface area contributed by atoms with E-state index in [2.05, 4.69) is 20.4 Å². The third kappa shape index (κ3) is 2.97. The van der Waals surface area contributed by atoms with E-state index in [9.17, 15) is 0 Å². The zero-order chi connectivity index (χ0) is 18.3. The van der Waals surface area contributed by atoms with Crippen molar-refractivity contribution in [3.8, 4) is 11.4 Å². The predicted molar refractivity (Wildman–Crippen MR) is 101 cm³/mol. The molecule has 0 radical (unpaired) electrons. The summed E-state index contributed by atoms with van der Waals surface area (Å²) in [5, 5.41) is 8.25. The summed E-state index contributed by atoms with van der Waals surface area (Å²) in [5.41, 5.74) is 4.39. The van der Waals surface area contributed by atoms with Gasteiger partial charge in [-0.1, -0.05) is 11.6 Å². The Morgan fingerprint density at radius 2 is 2.00 bits per heavy atom. The maximum atomic E-state index is 6.08. The lowest BCUT2D eigenvalue weighted by atomic mass is 10.2. The Hall–Kier alpha value is -3.06. The molecule has 0 saturated heterocycles. The van der Waals surface area contributed by atoms with Crippen LogP contribution in [0.2, 0.25) is 5.02 Å². The van der Waals surface area contributed by atoms with E-state index in [1.54, 1.807) is 24.1 Å². The van der Waals surface area contributed by atoms with Gasteiger partial charge in [0.2, 0.25) is 5.95 Å². The molecule has 132 valence electrons. The van der Waals surface area contributed by atoms with Gasteiger partial charge in [-0.15, -0.1) is 5.10 Å². The second-order valence-corrected chi connectivity index (χ2v) is 6.42. The molecule has 26 heavy (non-hydrogen) atoms. The zero-order valence-corrected chi connectivity index (χ0v) is 15.3. The van der Waals surface area contributed by atoms with Crippen LogP contribution in [0, 0.1) is 13.8 Å². The first-order valence-corrected chi connectivity index (χ1v) is 8.40. The lowest BCUT2D eigenvalue weighted by Gasteiger charge is -2.11. The van der Waals surface area contributed by atoms with Crippen molar-refractivity contribution in [3.63, 3.8) is 0 Å². The zero-order valence-electron chi connectivity index (χ0n) is 14.6. The van der Waals surface area contributed by atoms with Gasteiger partial charge in [0, 0.05) is 24.1 Å². The first-order chi connectivity index (χ1) is 12.5. The molecule has 3 aromatic heterocycles. The lowest BCUT2D eigenvalue weighted by molar-refractivity contribution is 0.413. The highest BCUT2D eigenvalue weighted by atomic mass is 35.5. The van der Waals surface area contributed by atoms with Gasteiger partial charge in [-0.25, -0.2) is 9.50 Å². The number of hydrogen-bond acceptors (Lipinski definition) is 5. The maximum absolute atomic E-state index is 6.08. The summed E-state index contributed by atoms with van der Waals surface area (Å²) >= 11 is 6.08. The lowest BCUT2D eigenvalue weighted by Crippen LogP contribution is -1.98. The fourth-order valence-electron chi connectivity index (χ4n) is 2.81. The van der Waals surface area contributed by atoms with Crippen LogP contribution in [0.5, 0.6) is 5.75 Å². The molecular weight excluding hydrogens is 352 g/mol. The van der Waals surface area contributed by atoms with Crippen molar-refractivity contribution >= 4 is 28.9 Å². The van der Waals surface area contributed by atoms with E-state index >= 15 is 0 Å². The van der Waals surface area contributed by atoms with Crippen molar-refractivity contribution in [3.05, 3.63) is 59.3 Å². The van der Waals surface area contributed by atoms with Crippen molar-refractivity contribution in [1.82, 2.24) is 24.1 Å². The third-order valence-corrected chi connectivity index (χ3v) is 4.22. The molecule has 0 spiro atoms. The van der Waals surface area contributed by atoms with E-state index in [1.807, 2.05) is 48.9 Å². The number of ether oxygens (including phenoxy) is 1. The van der Waals surface area contributed by atoms with Gasteiger partial charge in [0.05, 0.1) is 29.8 Å². The molecule has 0 fully saturated rings. The molecule has 0 atom stereocenters. The predicted octanol–water partition coefficient (Wildman–Crippen LogP) is 3.94. The molecule has 0 aliphatic rings. The summed E-state index contributed by atoms with van der Waals surface area (Å²) in [6, 6.07) is 7.66. The number of fused-ring (bicyclic) bond motifs is 1. The smallest absolute Gasteiger partial charge is 0.247 e. The maximum Gasteiger partial charge on any atom is 0.247 e. The fraction of sp³-hybridized carbons (Fsp3) is 0.167. The Labute approximate surface area is 155 Å². The quantitative estimate of drug-likeness (QED) is 0.591. The van der Waals surface area contributed by atoms with E-state index in [4.69, 9.17) is 16.3 Å². The highest BCUT2D eigenvalue weighted by Crippen LogP contribution is 2.28. The number of nitrogens with one attached hydrogen (secondary N) is 1. The van der Waals surface area contributed by atoms with Gasteiger partial charge in [0.15, 0.2) is 5.65 Å². The molecule has 4 aromatic rings.